The van der Waals surface area contributed by atoms with Crippen LogP contribution in [0.3, 0.4) is 0 Å². The molecule has 0 bridgehead atoms. The molecule has 0 aliphatic carbocycles. The number of methoxy groups -OCH3 is 1. The first-order valence-corrected chi connectivity index (χ1v) is 11.2. The van der Waals surface area contributed by atoms with E-state index in [9.17, 15) is 4.79 Å². The molecule has 0 radical (unpaired) electrons. The summed E-state index contributed by atoms with van der Waals surface area (Å²) in [5.74, 6) is 0.679. The lowest BCUT2D eigenvalue weighted by atomic mass is 10.0. The Kier molecular flexibility index (Phi) is 6.56. The number of ether oxygens (including phenoxy) is 2. The fourth-order valence-corrected chi connectivity index (χ4v) is 4.96. The molecule has 6 nitrogen and oxygen atoms in total. The monoisotopic (exact) mass is 429 g/mol. The number of carbonyl (C=O) groups is 1. The molecule has 1 atom stereocenters. The van der Waals surface area contributed by atoms with Gasteiger partial charge in [-0.15, -0.1) is 22.7 Å². The molecule has 1 amide bonds. The van der Waals surface area contributed by atoms with E-state index in [-0.39, 0.29) is 11.9 Å². The number of thiophene rings is 1. The molecule has 3 heterocycles. The van der Waals surface area contributed by atoms with Gasteiger partial charge in [-0.25, -0.2) is 4.98 Å². The number of nitrogens with zero attached hydrogens (tertiary/aromatic N) is 2. The second kappa shape index (κ2) is 9.49. The molecule has 1 aromatic carbocycles. The van der Waals surface area contributed by atoms with Gasteiger partial charge in [-0.3, -0.25) is 9.69 Å². The molecular formula is C21H23N3O3S2. The molecule has 152 valence electrons. The van der Waals surface area contributed by atoms with Crippen LogP contribution in [-0.4, -0.2) is 55.7 Å². The van der Waals surface area contributed by atoms with Crippen molar-refractivity contribution in [2.75, 3.05) is 40.0 Å². The van der Waals surface area contributed by atoms with Crippen LogP contribution in [0.4, 0.5) is 0 Å². The topological polar surface area (TPSA) is 63.7 Å². The number of rotatable bonds is 7. The summed E-state index contributed by atoms with van der Waals surface area (Å²) in [4.78, 5) is 20.7. The Hall–Kier alpha value is -2.26. The van der Waals surface area contributed by atoms with Gasteiger partial charge in [0.1, 0.15) is 16.5 Å². The summed E-state index contributed by atoms with van der Waals surface area (Å²) >= 11 is 3.12. The van der Waals surface area contributed by atoms with Crippen molar-refractivity contribution in [1.82, 2.24) is 15.2 Å². The van der Waals surface area contributed by atoms with Crippen LogP contribution in [0.15, 0.2) is 47.2 Å². The Morgan fingerprint density at radius 2 is 2.03 bits per heavy atom. The third-order valence-corrected chi connectivity index (χ3v) is 6.79. The number of morpholine rings is 1. The molecular weight excluding hydrogens is 406 g/mol. The number of nitrogens with one attached hydrogen (secondary N) is 1. The van der Waals surface area contributed by atoms with Crippen LogP contribution in [0.2, 0.25) is 0 Å². The molecule has 1 N–H and O–H groups in total. The van der Waals surface area contributed by atoms with Crippen molar-refractivity contribution in [1.29, 1.82) is 0 Å². The van der Waals surface area contributed by atoms with Gasteiger partial charge < -0.3 is 14.8 Å². The minimum atomic E-state index is -0.143. The number of thiazole rings is 1. The number of benzene rings is 1. The Bertz CT molecular complexity index is 919. The summed E-state index contributed by atoms with van der Waals surface area (Å²) in [7, 11) is 1.66. The van der Waals surface area contributed by atoms with E-state index in [4.69, 9.17) is 9.47 Å². The quantitative estimate of drug-likeness (QED) is 0.621. The normalized spacial score (nSPS) is 15.8. The molecule has 4 rings (SSSR count). The van der Waals surface area contributed by atoms with Gasteiger partial charge in [-0.1, -0.05) is 18.2 Å². The maximum absolute atomic E-state index is 12.7. The minimum Gasteiger partial charge on any atom is -0.497 e. The molecule has 29 heavy (non-hydrogen) atoms. The van der Waals surface area contributed by atoms with E-state index in [0.29, 0.717) is 25.5 Å². The maximum atomic E-state index is 12.7. The van der Waals surface area contributed by atoms with Crippen molar-refractivity contribution >= 4 is 28.6 Å². The molecule has 1 fully saturated rings. The fourth-order valence-electron chi connectivity index (χ4n) is 3.34. The van der Waals surface area contributed by atoms with Gasteiger partial charge >= 0.3 is 0 Å². The molecule has 0 saturated carbocycles. The van der Waals surface area contributed by atoms with Crippen molar-refractivity contribution in [3.8, 4) is 15.6 Å². The van der Waals surface area contributed by atoms with E-state index in [1.54, 1.807) is 18.4 Å². The zero-order valence-electron chi connectivity index (χ0n) is 16.2. The van der Waals surface area contributed by atoms with Crippen LogP contribution >= 0.6 is 22.7 Å². The van der Waals surface area contributed by atoms with E-state index >= 15 is 0 Å². The number of hydrogen-bond donors (Lipinski definition) is 1. The standard InChI is InChI=1S/C21H23N3O3S2/c1-26-16-6-4-15(5-7-16)18(24-8-10-27-11-9-24)13-22-20(25)17-14-29-21(23-17)19-3-2-12-28-19/h2-7,12,14,18H,8-11,13H2,1H3,(H,22,25). The summed E-state index contributed by atoms with van der Waals surface area (Å²) in [6.45, 7) is 3.60. The number of hydrogen-bond acceptors (Lipinski definition) is 7. The van der Waals surface area contributed by atoms with Gasteiger partial charge in [0.25, 0.3) is 5.91 Å². The van der Waals surface area contributed by atoms with Gasteiger partial charge in [-0.2, -0.15) is 0 Å². The predicted octanol–water partition coefficient (Wildman–Crippen LogP) is 3.68. The van der Waals surface area contributed by atoms with Gasteiger partial charge in [0.15, 0.2) is 0 Å². The third-order valence-electron chi connectivity index (χ3n) is 4.91. The van der Waals surface area contributed by atoms with E-state index in [1.807, 2.05) is 35.0 Å². The van der Waals surface area contributed by atoms with E-state index in [0.717, 1.165) is 34.3 Å². The minimum absolute atomic E-state index is 0.0733. The van der Waals surface area contributed by atoms with Gasteiger partial charge in [0.05, 0.1) is 31.2 Å². The van der Waals surface area contributed by atoms with Crippen LogP contribution in [-0.2, 0) is 4.74 Å². The molecule has 8 heteroatoms. The summed E-state index contributed by atoms with van der Waals surface area (Å²) in [5, 5.41) is 7.79. The van der Waals surface area contributed by atoms with Crippen molar-refractivity contribution in [3.05, 3.63) is 58.4 Å². The average molecular weight is 430 g/mol. The summed E-state index contributed by atoms with van der Waals surface area (Å²) in [5.41, 5.74) is 1.61. The maximum Gasteiger partial charge on any atom is 0.270 e. The zero-order valence-corrected chi connectivity index (χ0v) is 17.8. The van der Waals surface area contributed by atoms with Crippen molar-refractivity contribution in [3.63, 3.8) is 0 Å². The Morgan fingerprint density at radius 3 is 2.72 bits per heavy atom. The molecule has 1 aliphatic rings. The highest BCUT2D eigenvalue weighted by Crippen LogP contribution is 2.28. The summed E-state index contributed by atoms with van der Waals surface area (Å²) in [6, 6.07) is 12.1. The van der Waals surface area contributed by atoms with Gasteiger partial charge in [0.2, 0.25) is 0 Å². The third kappa shape index (κ3) is 4.84. The second-order valence-electron chi connectivity index (χ2n) is 6.66. The first-order valence-electron chi connectivity index (χ1n) is 9.48. The van der Waals surface area contributed by atoms with Gasteiger partial charge in [0, 0.05) is 25.0 Å². The highest BCUT2D eigenvalue weighted by Gasteiger charge is 2.24. The van der Waals surface area contributed by atoms with Crippen LogP contribution in [0.5, 0.6) is 5.75 Å². The first kappa shape index (κ1) is 20.0. The first-order chi connectivity index (χ1) is 14.2. The highest BCUT2D eigenvalue weighted by molar-refractivity contribution is 7.20. The zero-order chi connectivity index (χ0) is 20.1. The second-order valence-corrected chi connectivity index (χ2v) is 8.47. The van der Waals surface area contributed by atoms with Crippen molar-refractivity contribution in [2.24, 2.45) is 0 Å². The average Bonchev–Trinajstić information content (AvgIpc) is 3.47. The molecule has 0 spiro atoms. The SMILES string of the molecule is COc1ccc(C(CNC(=O)c2csc(-c3cccs3)n2)N2CCOCC2)cc1. The largest absolute Gasteiger partial charge is 0.497 e. The van der Waals surface area contributed by atoms with Crippen LogP contribution in [0.25, 0.3) is 9.88 Å². The van der Waals surface area contributed by atoms with Crippen molar-refractivity contribution < 1.29 is 14.3 Å². The van der Waals surface area contributed by atoms with Crippen LogP contribution in [0.1, 0.15) is 22.1 Å². The van der Waals surface area contributed by atoms with Crippen LogP contribution < -0.4 is 10.1 Å². The highest BCUT2D eigenvalue weighted by atomic mass is 32.1. The summed E-state index contributed by atoms with van der Waals surface area (Å²) in [6.07, 6.45) is 0. The number of carbonyl (C=O) groups excluding carboxylic acids is 1. The molecule has 1 saturated heterocycles. The summed E-state index contributed by atoms with van der Waals surface area (Å²) < 4.78 is 10.8. The lowest BCUT2D eigenvalue weighted by molar-refractivity contribution is 0.0162. The van der Waals surface area contributed by atoms with E-state index in [2.05, 4.69) is 27.3 Å². The Morgan fingerprint density at radius 1 is 1.24 bits per heavy atom. The van der Waals surface area contributed by atoms with Crippen LogP contribution in [0, 0.1) is 0 Å². The van der Waals surface area contributed by atoms with Gasteiger partial charge in [-0.05, 0) is 29.1 Å². The number of amides is 1. The molecule has 1 unspecified atom stereocenters. The Balaban J connectivity index is 1.46. The lowest BCUT2D eigenvalue weighted by Crippen LogP contribution is -2.43. The molecule has 3 aromatic rings. The number of aromatic nitrogens is 1. The van der Waals surface area contributed by atoms with Crippen molar-refractivity contribution in [2.45, 2.75) is 6.04 Å². The van der Waals surface area contributed by atoms with E-state index in [1.165, 1.54) is 11.3 Å². The Labute approximate surface area is 178 Å². The predicted molar refractivity (Wildman–Crippen MR) is 116 cm³/mol. The molecule has 2 aromatic heterocycles. The molecule has 1 aliphatic heterocycles. The van der Waals surface area contributed by atoms with E-state index < -0.39 is 0 Å². The lowest BCUT2D eigenvalue weighted by Gasteiger charge is -2.35. The smallest absolute Gasteiger partial charge is 0.270 e. The fraction of sp³-hybridized carbons (Fsp3) is 0.333.